The van der Waals surface area contributed by atoms with Gasteiger partial charge in [0.25, 0.3) is 0 Å². The van der Waals surface area contributed by atoms with E-state index >= 15 is 0 Å². The predicted molar refractivity (Wildman–Crippen MR) is 133 cm³/mol. The third-order valence-electron chi connectivity index (χ3n) is 6.10. The Bertz CT molecular complexity index is 1330. The molecule has 1 unspecified atom stereocenters. The maximum atomic E-state index is 13.1. The summed E-state index contributed by atoms with van der Waals surface area (Å²) in [5.41, 5.74) is 11.2. The molecule has 7 heteroatoms. The standard InChI is InChI=1S/C27H26N4O3/c28-22-14-21(19-8-9-24-20(13-19)10-11-29-24)15-23(16-22)30-26(32)25-7-4-12-31(25)27(33)34-17-18-5-2-1-3-6-18/h1-3,5-6,8-11,13-16,25,29H,4,7,12,17,28H2,(H,30,32). The summed E-state index contributed by atoms with van der Waals surface area (Å²) in [5, 5.41) is 4.05. The number of benzene rings is 3. The number of carbonyl (C=O) groups excluding carboxylic acids is 2. The van der Waals surface area contributed by atoms with Crippen molar-refractivity contribution in [3.05, 3.63) is 84.6 Å². The Kier molecular flexibility index (Phi) is 5.91. The number of nitrogens with zero attached hydrogens (tertiary/aromatic N) is 1. The molecular formula is C27H26N4O3. The van der Waals surface area contributed by atoms with Crippen molar-refractivity contribution < 1.29 is 14.3 Å². The van der Waals surface area contributed by atoms with Crippen molar-refractivity contribution in [2.45, 2.75) is 25.5 Å². The van der Waals surface area contributed by atoms with E-state index < -0.39 is 12.1 Å². The number of nitrogens with two attached hydrogens (primary N) is 1. The van der Waals surface area contributed by atoms with Gasteiger partial charge in [0.2, 0.25) is 5.91 Å². The Balaban J connectivity index is 1.29. The molecule has 0 aliphatic carbocycles. The molecule has 2 heterocycles. The Morgan fingerprint density at radius 2 is 1.88 bits per heavy atom. The molecule has 4 aromatic rings. The second-order valence-corrected chi connectivity index (χ2v) is 8.50. The monoisotopic (exact) mass is 454 g/mol. The number of aromatic amines is 1. The van der Waals surface area contributed by atoms with E-state index in [4.69, 9.17) is 10.5 Å². The van der Waals surface area contributed by atoms with Crippen LogP contribution in [0, 0.1) is 0 Å². The number of likely N-dealkylation sites (tertiary alicyclic amines) is 1. The molecule has 0 saturated carbocycles. The van der Waals surface area contributed by atoms with E-state index in [9.17, 15) is 9.59 Å². The number of anilines is 2. The highest BCUT2D eigenvalue weighted by atomic mass is 16.6. The Morgan fingerprint density at radius 1 is 1.03 bits per heavy atom. The first-order valence-electron chi connectivity index (χ1n) is 11.3. The lowest BCUT2D eigenvalue weighted by Crippen LogP contribution is -2.43. The average Bonchev–Trinajstić information content (AvgIpc) is 3.52. The molecule has 0 bridgehead atoms. The number of hydrogen-bond donors (Lipinski definition) is 3. The van der Waals surface area contributed by atoms with Gasteiger partial charge in [-0.25, -0.2) is 4.79 Å². The maximum absolute atomic E-state index is 13.1. The summed E-state index contributed by atoms with van der Waals surface area (Å²) in [6, 6.07) is 22.5. The van der Waals surface area contributed by atoms with Crippen LogP contribution in [0.25, 0.3) is 22.0 Å². The second-order valence-electron chi connectivity index (χ2n) is 8.50. The molecule has 1 aliphatic heterocycles. The van der Waals surface area contributed by atoms with Gasteiger partial charge in [0, 0.05) is 29.6 Å². The summed E-state index contributed by atoms with van der Waals surface area (Å²) in [6.45, 7) is 0.666. The zero-order valence-electron chi connectivity index (χ0n) is 18.7. The van der Waals surface area contributed by atoms with Gasteiger partial charge in [-0.15, -0.1) is 0 Å². The highest BCUT2D eigenvalue weighted by Gasteiger charge is 2.35. The van der Waals surface area contributed by atoms with Crippen LogP contribution in [0.1, 0.15) is 18.4 Å². The Morgan fingerprint density at radius 3 is 2.74 bits per heavy atom. The van der Waals surface area contributed by atoms with Gasteiger partial charge in [-0.2, -0.15) is 0 Å². The summed E-state index contributed by atoms with van der Waals surface area (Å²) in [7, 11) is 0. The molecule has 7 nitrogen and oxygen atoms in total. The minimum absolute atomic E-state index is 0.175. The number of amides is 2. The van der Waals surface area contributed by atoms with Crippen molar-refractivity contribution in [1.82, 2.24) is 9.88 Å². The fraction of sp³-hybridized carbons (Fsp3) is 0.185. The van der Waals surface area contributed by atoms with E-state index in [1.165, 1.54) is 4.90 Å². The molecule has 1 saturated heterocycles. The van der Waals surface area contributed by atoms with Crippen LogP contribution in [0.2, 0.25) is 0 Å². The largest absolute Gasteiger partial charge is 0.445 e. The second kappa shape index (κ2) is 9.31. The molecule has 1 fully saturated rings. The number of ether oxygens (including phenoxy) is 1. The molecule has 34 heavy (non-hydrogen) atoms. The summed E-state index contributed by atoms with van der Waals surface area (Å²) < 4.78 is 5.45. The molecule has 4 N–H and O–H groups in total. The number of nitrogen functional groups attached to an aromatic ring is 1. The quantitative estimate of drug-likeness (QED) is 0.363. The van der Waals surface area contributed by atoms with Crippen LogP contribution in [-0.4, -0.2) is 34.5 Å². The Labute approximate surface area is 197 Å². The van der Waals surface area contributed by atoms with Gasteiger partial charge in [0.05, 0.1) is 0 Å². The predicted octanol–water partition coefficient (Wildman–Crippen LogP) is 5.16. The van der Waals surface area contributed by atoms with Gasteiger partial charge in [-0.1, -0.05) is 36.4 Å². The van der Waals surface area contributed by atoms with Crippen molar-refractivity contribution in [1.29, 1.82) is 0 Å². The minimum atomic E-state index is -0.579. The SMILES string of the molecule is Nc1cc(NC(=O)C2CCCN2C(=O)OCc2ccccc2)cc(-c2ccc3[nH]ccc3c2)c1. The van der Waals surface area contributed by atoms with Crippen LogP contribution >= 0.6 is 0 Å². The van der Waals surface area contributed by atoms with Gasteiger partial charge >= 0.3 is 6.09 Å². The number of rotatable bonds is 5. The lowest BCUT2D eigenvalue weighted by Gasteiger charge is -2.23. The molecule has 3 aromatic carbocycles. The first-order valence-corrected chi connectivity index (χ1v) is 11.3. The fourth-order valence-corrected chi connectivity index (χ4v) is 4.41. The third kappa shape index (κ3) is 4.59. The number of hydrogen-bond acceptors (Lipinski definition) is 4. The van der Waals surface area contributed by atoms with Crippen molar-refractivity contribution in [2.24, 2.45) is 0 Å². The molecule has 1 aromatic heterocycles. The van der Waals surface area contributed by atoms with E-state index in [-0.39, 0.29) is 12.5 Å². The van der Waals surface area contributed by atoms with Gasteiger partial charge in [0.1, 0.15) is 12.6 Å². The van der Waals surface area contributed by atoms with E-state index in [1.807, 2.05) is 66.9 Å². The first-order chi connectivity index (χ1) is 16.6. The molecule has 172 valence electrons. The first kappa shape index (κ1) is 21.6. The lowest BCUT2D eigenvalue weighted by molar-refractivity contribution is -0.120. The number of H-pyrrole nitrogens is 1. The third-order valence-corrected chi connectivity index (χ3v) is 6.10. The highest BCUT2D eigenvalue weighted by Crippen LogP contribution is 2.29. The fourth-order valence-electron chi connectivity index (χ4n) is 4.41. The summed E-state index contributed by atoms with van der Waals surface area (Å²) in [4.78, 5) is 30.5. The van der Waals surface area contributed by atoms with Crippen LogP contribution < -0.4 is 11.1 Å². The summed E-state index contributed by atoms with van der Waals surface area (Å²) in [6.07, 6.45) is 2.76. The maximum Gasteiger partial charge on any atom is 0.410 e. The van der Waals surface area contributed by atoms with Crippen molar-refractivity contribution in [3.8, 4) is 11.1 Å². The van der Waals surface area contributed by atoms with E-state index in [0.717, 1.165) is 34.0 Å². The zero-order chi connectivity index (χ0) is 23.5. The van der Waals surface area contributed by atoms with E-state index in [1.54, 1.807) is 6.07 Å². The number of aromatic nitrogens is 1. The number of fused-ring (bicyclic) bond motifs is 1. The van der Waals surface area contributed by atoms with Gasteiger partial charge in [-0.05, 0) is 71.3 Å². The average molecular weight is 455 g/mol. The van der Waals surface area contributed by atoms with Crippen molar-refractivity contribution >= 4 is 34.3 Å². The van der Waals surface area contributed by atoms with E-state index in [0.29, 0.717) is 24.3 Å². The summed E-state index contributed by atoms with van der Waals surface area (Å²) in [5.74, 6) is -0.244. The topological polar surface area (TPSA) is 100 Å². The molecule has 5 rings (SSSR count). The molecule has 1 atom stereocenters. The molecule has 2 amide bonds. The van der Waals surface area contributed by atoms with Gasteiger partial charge in [0.15, 0.2) is 0 Å². The molecule has 0 radical (unpaired) electrons. The van der Waals surface area contributed by atoms with Crippen molar-refractivity contribution in [3.63, 3.8) is 0 Å². The Hall–Kier alpha value is -4.26. The van der Waals surface area contributed by atoms with Crippen LogP contribution in [0.3, 0.4) is 0 Å². The minimum Gasteiger partial charge on any atom is -0.445 e. The van der Waals surface area contributed by atoms with Crippen LogP contribution in [0.4, 0.5) is 16.2 Å². The van der Waals surface area contributed by atoms with Crippen LogP contribution in [0.15, 0.2) is 79.0 Å². The van der Waals surface area contributed by atoms with Gasteiger partial charge in [-0.3, -0.25) is 9.69 Å². The van der Waals surface area contributed by atoms with Gasteiger partial charge < -0.3 is 20.8 Å². The normalized spacial score (nSPS) is 15.4. The smallest absolute Gasteiger partial charge is 0.410 e. The zero-order valence-corrected chi connectivity index (χ0v) is 18.7. The molecule has 0 spiro atoms. The highest BCUT2D eigenvalue weighted by molar-refractivity contribution is 5.98. The molecular weight excluding hydrogens is 428 g/mol. The molecule has 1 aliphatic rings. The van der Waals surface area contributed by atoms with E-state index in [2.05, 4.69) is 16.4 Å². The lowest BCUT2D eigenvalue weighted by atomic mass is 10.0. The number of nitrogens with one attached hydrogen (secondary N) is 2. The van der Waals surface area contributed by atoms with Crippen LogP contribution in [0.5, 0.6) is 0 Å². The number of carbonyl (C=O) groups is 2. The van der Waals surface area contributed by atoms with Crippen LogP contribution in [-0.2, 0) is 16.1 Å². The summed E-state index contributed by atoms with van der Waals surface area (Å²) >= 11 is 0. The van der Waals surface area contributed by atoms with Crippen molar-refractivity contribution in [2.75, 3.05) is 17.6 Å².